The summed E-state index contributed by atoms with van der Waals surface area (Å²) in [5, 5.41) is 0. The molecule has 0 aliphatic carbocycles. The van der Waals surface area contributed by atoms with Crippen molar-refractivity contribution in [2.24, 2.45) is 0 Å². The molecule has 1 saturated heterocycles. The van der Waals surface area contributed by atoms with Gasteiger partial charge < -0.3 is 9.47 Å². The van der Waals surface area contributed by atoms with E-state index in [9.17, 15) is 8.78 Å². The monoisotopic (exact) mass is 228 g/mol. The maximum absolute atomic E-state index is 13.1. The Labute approximate surface area is 93.2 Å². The molecular formula is C12H14F2O2. The lowest BCUT2D eigenvalue weighted by atomic mass is 10.0. The summed E-state index contributed by atoms with van der Waals surface area (Å²) in [6, 6.07) is 2.39. The van der Waals surface area contributed by atoms with Crippen LogP contribution in [-0.2, 0) is 9.47 Å². The van der Waals surface area contributed by atoms with Gasteiger partial charge in [0.2, 0.25) is 0 Å². The molecule has 1 aromatic carbocycles. The maximum Gasteiger partial charge on any atom is 0.159 e. The number of halogens is 2. The van der Waals surface area contributed by atoms with Crippen LogP contribution in [0.3, 0.4) is 0 Å². The average Bonchev–Trinajstić information content (AvgIpc) is 3.03. The first-order valence-electron chi connectivity index (χ1n) is 5.26. The van der Waals surface area contributed by atoms with Crippen molar-refractivity contribution in [3.63, 3.8) is 0 Å². The lowest BCUT2D eigenvalue weighted by molar-refractivity contribution is 0.0533. The van der Waals surface area contributed by atoms with Crippen LogP contribution >= 0.6 is 0 Å². The van der Waals surface area contributed by atoms with E-state index in [0.717, 1.165) is 6.61 Å². The van der Waals surface area contributed by atoms with Crippen LogP contribution in [0, 0.1) is 18.6 Å². The Morgan fingerprint density at radius 2 is 2.06 bits per heavy atom. The van der Waals surface area contributed by atoms with Gasteiger partial charge in [-0.1, -0.05) is 0 Å². The highest BCUT2D eigenvalue weighted by Crippen LogP contribution is 2.24. The van der Waals surface area contributed by atoms with Gasteiger partial charge in [-0.3, -0.25) is 0 Å². The van der Waals surface area contributed by atoms with Crippen molar-refractivity contribution < 1.29 is 18.3 Å². The van der Waals surface area contributed by atoms with E-state index >= 15 is 0 Å². The number of ether oxygens (including phenoxy) is 2. The second-order valence-corrected chi connectivity index (χ2v) is 4.05. The Morgan fingerprint density at radius 1 is 1.44 bits per heavy atom. The average molecular weight is 228 g/mol. The summed E-state index contributed by atoms with van der Waals surface area (Å²) in [7, 11) is 0. The number of benzene rings is 1. The molecule has 1 heterocycles. The lowest BCUT2D eigenvalue weighted by Crippen LogP contribution is -2.08. The Balaban J connectivity index is 2.08. The fraction of sp³-hybridized carbons (Fsp3) is 0.500. The molecule has 2 nitrogen and oxygen atoms in total. The van der Waals surface area contributed by atoms with Crippen molar-refractivity contribution in [3.05, 3.63) is 34.9 Å². The molecule has 88 valence electrons. The van der Waals surface area contributed by atoms with Gasteiger partial charge in [-0.25, -0.2) is 8.78 Å². The number of epoxide rings is 1. The van der Waals surface area contributed by atoms with Crippen LogP contribution in [0.15, 0.2) is 12.1 Å². The van der Waals surface area contributed by atoms with Gasteiger partial charge in [0, 0.05) is 0 Å². The summed E-state index contributed by atoms with van der Waals surface area (Å²) < 4.78 is 36.5. The van der Waals surface area contributed by atoms with E-state index in [0.29, 0.717) is 17.7 Å². The van der Waals surface area contributed by atoms with E-state index in [2.05, 4.69) is 0 Å². The first-order chi connectivity index (χ1) is 7.58. The molecule has 1 fully saturated rings. The Hall–Kier alpha value is -1.00. The molecule has 2 unspecified atom stereocenters. The third-order valence-corrected chi connectivity index (χ3v) is 2.68. The Morgan fingerprint density at radius 3 is 2.69 bits per heavy atom. The van der Waals surface area contributed by atoms with Gasteiger partial charge in [0.05, 0.1) is 19.3 Å². The molecule has 2 rings (SSSR count). The molecule has 4 heteroatoms. The predicted octanol–water partition coefficient (Wildman–Crippen LogP) is 2.75. The van der Waals surface area contributed by atoms with E-state index in [4.69, 9.17) is 9.47 Å². The zero-order valence-corrected chi connectivity index (χ0v) is 9.30. The van der Waals surface area contributed by atoms with E-state index in [1.54, 1.807) is 6.92 Å². The van der Waals surface area contributed by atoms with Crippen LogP contribution in [0.2, 0.25) is 0 Å². The van der Waals surface area contributed by atoms with Crippen molar-refractivity contribution in [3.8, 4) is 0 Å². The van der Waals surface area contributed by atoms with Crippen molar-refractivity contribution in [1.82, 2.24) is 0 Å². The maximum atomic E-state index is 13.1. The summed E-state index contributed by atoms with van der Waals surface area (Å²) in [5.41, 5.74) is 1.38. The quantitative estimate of drug-likeness (QED) is 0.739. The second-order valence-electron chi connectivity index (χ2n) is 4.05. The van der Waals surface area contributed by atoms with Gasteiger partial charge in [-0.2, -0.15) is 0 Å². The smallest absolute Gasteiger partial charge is 0.159 e. The predicted molar refractivity (Wildman–Crippen MR) is 55.2 cm³/mol. The molecule has 2 atom stereocenters. The van der Waals surface area contributed by atoms with Crippen LogP contribution in [0.1, 0.15) is 24.2 Å². The first-order valence-corrected chi connectivity index (χ1v) is 5.26. The van der Waals surface area contributed by atoms with Crippen LogP contribution in [0.25, 0.3) is 0 Å². The minimum atomic E-state index is -0.835. The summed E-state index contributed by atoms with van der Waals surface area (Å²) in [5.74, 6) is -1.65. The number of hydrogen-bond acceptors (Lipinski definition) is 2. The van der Waals surface area contributed by atoms with Gasteiger partial charge in [0.1, 0.15) is 6.10 Å². The van der Waals surface area contributed by atoms with Gasteiger partial charge in [0.25, 0.3) is 0 Å². The third kappa shape index (κ3) is 2.57. The first kappa shape index (κ1) is 11.5. The Bertz CT molecular complexity index is 389. The summed E-state index contributed by atoms with van der Waals surface area (Å²) in [6.07, 6.45) is -0.0765. The highest BCUT2D eigenvalue weighted by atomic mass is 19.2. The van der Waals surface area contributed by atoms with Crippen LogP contribution in [-0.4, -0.2) is 19.3 Å². The Kier molecular flexibility index (Phi) is 3.21. The molecule has 0 saturated carbocycles. The molecule has 16 heavy (non-hydrogen) atoms. The van der Waals surface area contributed by atoms with Gasteiger partial charge in [-0.15, -0.1) is 0 Å². The van der Waals surface area contributed by atoms with Gasteiger partial charge in [-0.05, 0) is 37.1 Å². The minimum Gasteiger partial charge on any atom is -0.371 e. The molecular weight excluding hydrogens is 214 g/mol. The van der Waals surface area contributed by atoms with Crippen LogP contribution in [0.5, 0.6) is 0 Å². The lowest BCUT2D eigenvalue weighted by Gasteiger charge is -2.15. The number of aryl methyl sites for hydroxylation is 1. The summed E-state index contributed by atoms with van der Waals surface area (Å²) in [4.78, 5) is 0. The van der Waals surface area contributed by atoms with Gasteiger partial charge in [0.15, 0.2) is 11.6 Å². The number of hydrogen-bond donors (Lipinski definition) is 0. The highest BCUT2D eigenvalue weighted by molar-refractivity contribution is 5.29. The van der Waals surface area contributed by atoms with Crippen molar-refractivity contribution in [2.75, 3.05) is 13.2 Å². The normalized spacial score (nSPS) is 20.9. The van der Waals surface area contributed by atoms with E-state index < -0.39 is 11.6 Å². The molecule has 1 aliphatic rings. The number of rotatable bonds is 4. The largest absolute Gasteiger partial charge is 0.371 e. The molecule has 0 aromatic heterocycles. The third-order valence-electron chi connectivity index (χ3n) is 2.68. The fourth-order valence-corrected chi connectivity index (χ4v) is 1.61. The molecule has 0 N–H and O–H groups in total. The molecule has 1 aromatic rings. The van der Waals surface area contributed by atoms with E-state index in [1.807, 2.05) is 6.92 Å². The molecule has 0 spiro atoms. The summed E-state index contributed by atoms with van der Waals surface area (Å²) in [6.45, 7) is 4.79. The van der Waals surface area contributed by atoms with Crippen molar-refractivity contribution in [2.45, 2.75) is 26.1 Å². The standard InChI is InChI=1S/C12H14F2O2/c1-7-3-11(13)12(14)4-10(7)8(2)15-5-9-6-16-9/h3-4,8-9H,5-6H2,1-2H3. The zero-order valence-electron chi connectivity index (χ0n) is 9.30. The van der Waals surface area contributed by atoms with Crippen molar-refractivity contribution >= 4 is 0 Å². The van der Waals surface area contributed by atoms with E-state index in [-0.39, 0.29) is 12.2 Å². The van der Waals surface area contributed by atoms with E-state index in [1.165, 1.54) is 12.1 Å². The minimum absolute atomic E-state index is 0.174. The van der Waals surface area contributed by atoms with Crippen molar-refractivity contribution in [1.29, 1.82) is 0 Å². The molecule has 0 amide bonds. The second kappa shape index (κ2) is 4.47. The zero-order chi connectivity index (χ0) is 11.7. The molecule has 0 radical (unpaired) electrons. The van der Waals surface area contributed by atoms with Crippen LogP contribution < -0.4 is 0 Å². The topological polar surface area (TPSA) is 21.8 Å². The SMILES string of the molecule is Cc1cc(F)c(F)cc1C(C)OCC1CO1. The summed E-state index contributed by atoms with van der Waals surface area (Å²) >= 11 is 0. The molecule has 0 bridgehead atoms. The fourth-order valence-electron chi connectivity index (χ4n) is 1.61. The van der Waals surface area contributed by atoms with Crippen LogP contribution in [0.4, 0.5) is 8.78 Å². The highest BCUT2D eigenvalue weighted by Gasteiger charge is 2.24. The van der Waals surface area contributed by atoms with Gasteiger partial charge >= 0.3 is 0 Å². The molecule has 1 aliphatic heterocycles.